The number of hydrogen-bond acceptors (Lipinski definition) is 4. The summed E-state index contributed by atoms with van der Waals surface area (Å²) in [5.74, 6) is -0.660. The van der Waals surface area contributed by atoms with Crippen molar-refractivity contribution in [3.05, 3.63) is 62.9 Å². The summed E-state index contributed by atoms with van der Waals surface area (Å²) < 4.78 is 0. The average molecular weight is 427 g/mol. The topological polar surface area (TPSA) is 74.6 Å². The van der Waals surface area contributed by atoms with Gasteiger partial charge in [-0.1, -0.05) is 50.5 Å². The number of Topliss-reactive ketones (excluding diaryl/α,β-unsaturated/α-hetero) is 1. The lowest BCUT2D eigenvalue weighted by Gasteiger charge is -2.12. The first-order valence-corrected chi connectivity index (χ1v) is 11.7. The molecule has 5 heteroatoms. The Balaban J connectivity index is 1.63. The van der Waals surface area contributed by atoms with Crippen LogP contribution in [0.25, 0.3) is 5.57 Å². The zero-order valence-electron chi connectivity index (χ0n) is 17.5. The van der Waals surface area contributed by atoms with Crippen LogP contribution in [-0.2, 0) is 11.2 Å². The van der Waals surface area contributed by atoms with Crippen molar-refractivity contribution in [1.82, 2.24) is 0 Å². The van der Waals surface area contributed by atoms with E-state index in [-0.39, 0.29) is 5.78 Å². The summed E-state index contributed by atoms with van der Waals surface area (Å²) in [5.41, 5.74) is 4.06. The fourth-order valence-electron chi connectivity index (χ4n) is 4.04. The molecule has 1 heterocycles. The van der Waals surface area contributed by atoms with Gasteiger partial charge in [0.15, 0.2) is 5.78 Å². The molecule has 2 aromatic rings. The Kier molecular flexibility index (Phi) is 8.00. The van der Waals surface area contributed by atoms with Gasteiger partial charge in [0, 0.05) is 11.3 Å². The van der Waals surface area contributed by atoms with E-state index in [0.29, 0.717) is 11.3 Å². The van der Waals surface area contributed by atoms with Gasteiger partial charge in [-0.15, -0.1) is 11.3 Å². The molecular weight excluding hydrogens is 396 g/mol. The first kappa shape index (κ1) is 22.4. The number of aliphatic hydroxyl groups is 1. The predicted molar refractivity (Wildman–Crippen MR) is 121 cm³/mol. The van der Waals surface area contributed by atoms with Crippen molar-refractivity contribution >= 4 is 28.7 Å². The summed E-state index contributed by atoms with van der Waals surface area (Å²) in [7, 11) is 0. The van der Waals surface area contributed by atoms with Crippen LogP contribution < -0.4 is 0 Å². The second kappa shape index (κ2) is 10.7. The quantitative estimate of drug-likeness (QED) is 0.420. The number of aromatic carboxylic acids is 1. The molecule has 160 valence electrons. The molecule has 0 saturated carbocycles. The lowest BCUT2D eigenvalue weighted by atomic mass is 9.95. The maximum Gasteiger partial charge on any atom is 0.345 e. The SMILES string of the molecule is CCCCCC(O)c1ccc(C2=C(CCCc3ccc(C(=O)O)s3)C(=O)CC2)cc1. The maximum atomic E-state index is 12.4. The minimum atomic E-state index is -0.888. The van der Waals surface area contributed by atoms with Crippen molar-refractivity contribution in [2.45, 2.75) is 70.8 Å². The summed E-state index contributed by atoms with van der Waals surface area (Å²) in [4.78, 5) is 24.9. The highest BCUT2D eigenvalue weighted by Crippen LogP contribution is 2.35. The van der Waals surface area contributed by atoms with E-state index >= 15 is 0 Å². The van der Waals surface area contributed by atoms with Gasteiger partial charge < -0.3 is 10.2 Å². The van der Waals surface area contributed by atoms with Gasteiger partial charge in [0.25, 0.3) is 0 Å². The van der Waals surface area contributed by atoms with E-state index in [4.69, 9.17) is 5.11 Å². The van der Waals surface area contributed by atoms with E-state index in [2.05, 4.69) is 6.92 Å². The summed E-state index contributed by atoms with van der Waals surface area (Å²) in [5, 5.41) is 19.4. The monoisotopic (exact) mass is 426 g/mol. The maximum absolute atomic E-state index is 12.4. The van der Waals surface area contributed by atoms with Gasteiger partial charge in [-0.05, 0) is 66.5 Å². The first-order chi connectivity index (χ1) is 14.5. The number of hydrogen-bond donors (Lipinski definition) is 2. The molecule has 0 bridgehead atoms. The fraction of sp³-hybridized carbons (Fsp3) is 0.440. The smallest absolute Gasteiger partial charge is 0.345 e. The summed E-state index contributed by atoms with van der Waals surface area (Å²) in [6.45, 7) is 2.16. The van der Waals surface area contributed by atoms with E-state index in [0.717, 1.165) is 78.5 Å². The third-order valence-electron chi connectivity index (χ3n) is 5.75. The zero-order valence-corrected chi connectivity index (χ0v) is 18.3. The molecule has 0 radical (unpaired) electrons. The Labute approximate surface area is 182 Å². The summed E-state index contributed by atoms with van der Waals surface area (Å²) >= 11 is 1.31. The van der Waals surface area contributed by atoms with Crippen LogP contribution in [0.1, 0.15) is 90.1 Å². The van der Waals surface area contributed by atoms with E-state index in [1.165, 1.54) is 11.3 Å². The number of rotatable bonds is 11. The molecule has 3 rings (SSSR count). The Bertz CT molecular complexity index is 907. The lowest BCUT2D eigenvalue weighted by molar-refractivity contribution is -0.115. The summed E-state index contributed by atoms with van der Waals surface area (Å²) in [6, 6.07) is 11.5. The molecule has 0 amide bonds. The van der Waals surface area contributed by atoms with Gasteiger partial charge in [0.1, 0.15) is 4.88 Å². The van der Waals surface area contributed by atoms with Crippen LogP contribution in [0.15, 0.2) is 42.0 Å². The lowest BCUT2D eigenvalue weighted by Crippen LogP contribution is -1.99. The number of ketones is 1. The highest BCUT2D eigenvalue weighted by atomic mass is 32.1. The molecule has 1 aromatic carbocycles. The van der Waals surface area contributed by atoms with Crippen LogP contribution in [0, 0.1) is 0 Å². The standard InChI is InChI=1S/C25H30O4S/c1-2-3-4-8-22(26)18-11-9-17(10-12-18)20-14-15-23(27)21(20)7-5-6-19-13-16-24(30-19)25(28)29/h9-13,16,22,26H,2-8,14-15H2,1H3,(H,28,29). The molecule has 0 aliphatic heterocycles. The molecule has 2 N–H and O–H groups in total. The molecule has 4 nitrogen and oxygen atoms in total. The van der Waals surface area contributed by atoms with E-state index in [9.17, 15) is 14.7 Å². The van der Waals surface area contributed by atoms with Crippen molar-refractivity contribution in [3.63, 3.8) is 0 Å². The minimum Gasteiger partial charge on any atom is -0.477 e. The second-order valence-corrected chi connectivity index (χ2v) is 9.11. The van der Waals surface area contributed by atoms with Gasteiger partial charge in [0.05, 0.1) is 6.10 Å². The van der Waals surface area contributed by atoms with Gasteiger partial charge >= 0.3 is 5.97 Å². The van der Waals surface area contributed by atoms with Crippen LogP contribution in [0.3, 0.4) is 0 Å². The third-order valence-corrected chi connectivity index (χ3v) is 6.88. The number of aryl methyl sites for hydroxylation is 1. The molecule has 1 aliphatic carbocycles. The number of allylic oxidation sites excluding steroid dienone is 2. The van der Waals surface area contributed by atoms with Crippen molar-refractivity contribution in [3.8, 4) is 0 Å². The second-order valence-electron chi connectivity index (χ2n) is 7.94. The number of carboxylic acid groups (broad SMARTS) is 1. The number of carbonyl (C=O) groups excluding carboxylic acids is 1. The van der Waals surface area contributed by atoms with Crippen molar-refractivity contribution in [2.24, 2.45) is 0 Å². The Morgan fingerprint density at radius 2 is 1.80 bits per heavy atom. The summed E-state index contributed by atoms with van der Waals surface area (Å²) in [6.07, 6.45) is 7.33. The highest BCUT2D eigenvalue weighted by Gasteiger charge is 2.23. The average Bonchev–Trinajstić information content (AvgIpc) is 3.36. The number of aliphatic hydroxyl groups excluding tert-OH is 1. The van der Waals surface area contributed by atoms with Crippen LogP contribution >= 0.6 is 11.3 Å². The number of benzene rings is 1. The van der Waals surface area contributed by atoms with Crippen LogP contribution in [0.5, 0.6) is 0 Å². The number of carboxylic acids is 1. The van der Waals surface area contributed by atoms with E-state index in [1.54, 1.807) is 6.07 Å². The number of thiophene rings is 1. The third kappa shape index (κ3) is 5.67. The van der Waals surface area contributed by atoms with E-state index in [1.807, 2.05) is 30.3 Å². The normalized spacial score (nSPS) is 15.1. The Morgan fingerprint density at radius 3 is 2.47 bits per heavy atom. The molecule has 0 spiro atoms. The fourth-order valence-corrected chi connectivity index (χ4v) is 4.93. The highest BCUT2D eigenvalue weighted by molar-refractivity contribution is 7.13. The first-order valence-electron chi connectivity index (χ1n) is 10.8. The zero-order chi connectivity index (χ0) is 21.5. The minimum absolute atomic E-state index is 0.228. The van der Waals surface area contributed by atoms with Crippen molar-refractivity contribution in [2.75, 3.05) is 0 Å². The molecule has 1 aromatic heterocycles. The molecule has 1 unspecified atom stereocenters. The molecule has 0 fully saturated rings. The molecule has 0 saturated heterocycles. The Hall–Kier alpha value is -2.24. The predicted octanol–water partition coefficient (Wildman–Crippen LogP) is 6.20. The number of unbranched alkanes of at least 4 members (excludes halogenated alkanes) is 2. The van der Waals surface area contributed by atoms with Crippen molar-refractivity contribution in [1.29, 1.82) is 0 Å². The number of carbonyl (C=O) groups is 2. The van der Waals surface area contributed by atoms with Crippen molar-refractivity contribution < 1.29 is 19.8 Å². The molecule has 1 atom stereocenters. The molecule has 1 aliphatic rings. The van der Waals surface area contributed by atoms with Gasteiger partial charge in [0.2, 0.25) is 0 Å². The van der Waals surface area contributed by atoms with Crippen LogP contribution in [-0.4, -0.2) is 22.0 Å². The largest absolute Gasteiger partial charge is 0.477 e. The van der Waals surface area contributed by atoms with E-state index < -0.39 is 12.1 Å². The molecule has 30 heavy (non-hydrogen) atoms. The Morgan fingerprint density at radius 1 is 1.03 bits per heavy atom. The van der Waals surface area contributed by atoms with Gasteiger partial charge in [-0.25, -0.2) is 4.79 Å². The van der Waals surface area contributed by atoms with Gasteiger partial charge in [-0.2, -0.15) is 0 Å². The van der Waals surface area contributed by atoms with Crippen LogP contribution in [0.4, 0.5) is 0 Å². The van der Waals surface area contributed by atoms with Crippen LogP contribution in [0.2, 0.25) is 0 Å². The van der Waals surface area contributed by atoms with Gasteiger partial charge in [-0.3, -0.25) is 4.79 Å². The molecular formula is C25H30O4S.